The summed E-state index contributed by atoms with van der Waals surface area (Å²) in [6.07, 6.45) is 1.64. The van der Waals surface area contributed by atoms with E-state index in [1.165, 1.54) is 15.8 Å². The molecule has 110 valence electrons. The van der Waals surface area contributed by atoms with Gasteiger partial charge in [-0.2, -0.15) is 4.31 Å². The largest absolute Gasteiger partial charge is 0.308 e. The standard InChI is InChI=1S/C12H17ClN4O2S/c1-15(2)8-9-16(3)20(18,19)12-11(13)14-10-6-4-5-7-17(10)12/h4-7H,8-9H2,1-3H3. The van der Waals surface area contributed by atoms with E-state index in [1.807, 2.05) is 19.0 Å². The van der Waals surface area contributed by atoms with E-state index in [0.717, 1.165) is 0 Å². The van der Waals surface area contributed by atoms with Gasteiger partial charge in [-0.3, -0.25) is 4.40 Å². The van der Waals surface area contributed by atoms with E-state index < -0.39 is 10.0 Å². The zero-order valence-electron chi connectivity index (χ0n) is 11.6. The molecule has 0 saturated heterocycles. The number of hydrogen-bond donors (Lipinski definition) is 0. The van der Waals surface area contributed by atoms with E-state index >= 15 is 0 Å². The highest BCUT2D eigenvalue weighted by molar-refractivity contribution is 7.89. The molecule has 0 radical (unpaired) electrons. The summed E-state index contributed by atoms with van der Waals surface area (Å²) in [7, 11) is 1.65. The predicted octanol–water partition coefficient (Wildman–Crippen LogP) is 1.17. The summed E-state index contributed by atoms with van der Waals surface area (Å²) in [5, 5.41) is 0.00364. The van der Waals surface area contributed by atoms with Crippen LogP contribution in [-0.2, 0) is 10.0 Å². The highest BCUT2D eigenvalue weighted by atomic mass is 35.5. The number of hydrogen-bond acceptors (Lipinski definition) is 4. The molecule has 0 aliphatic rings. The van der Waals surface area contributed by atoms with Crippen LogP contribution in [0.2, 0.25) is 5.15 Å². The van der Waals surface area contributed by atoms with Crippen molar-refractivity contribution in [3.05, 3.63) is 29.5 Å². The molecule has 2 aromatic heterocycles. The molecule has 8 heteroatoms. The molecule has 0 amide bonds. The topological polar surface area (TPSA) is 57.9 Å². The Hall–Kier alpha value is -1.15. The molecule has 0 bridgehead atoms. The van der Waals surface area contributed by atoms with Crippen LogP contribution >= 0.6 is 11.6 Å². The molecule has 0 aliphatic carbocycles. The average molecular weight is 317 g/mol. The van der Waals surface area contributed by atoms with E-state index in [-0.39, 0.29) is 10.2 Å². The van der Waals surface area contributed by atoms with Crippen LogP contribution in [0.5, 0.6) is 0 Å². The minimum Gasteiger partial charge on any atom is -0.308 e. The van der Waals surface area contributed by atoms with E-state index in [0.29, 0.717) is 18.7 Å². The Bertz CT molecular complexity index is 711. The lowest BCUT2D eigenvalue weighted by Gasteiger charge is -2.19. The van der Waals surface area contributed by atoms with E-state index in [4.69, 9.17) is 11.6 Å². The number of likely N-dealkylation sites (N-methyl/N-ethyl adjacent to an activating group) is 2. The molecule has 20 heavy (non-hydrogen) atoms. The number of halogens is 1. The number of rotatable bonds is 5. The molecular formula is C12H17ClN4O2S. The Morgan fingerprint density at radius 1 is 1.25 bits per heavy atom. The lowest BCUT2D eigenvalue weighted by atomic mass is 10.5. The summed E-state index contributed by atoms with van der Waals surface area (Å²) in [5.74, 6) is 0. The van der Waals surface area contributed by atoms with Gasteiger partial charge in [0.15, 0.2) is 10.2 Å². The zero-order valence-corrected chi connectivity index (χ0v) is 13.2. The number of aromatic nitrogens is 2. The van der Waals surface area contributed by atoms with Crippen LogP contribution in [-0.4, -0.2) is 61.2 Å². The van der Waals surface area contributed by atoms with Gasteiger partial charge in [-0.1, -0.05) is 17.7 Å². The van der Waals surface area contributed by atoms with Crippen molar-refractivity contribution in [2.24, 2.45) is 0 Å². The SMILES string of the molecule is CN(C)CCN(C)S(=O)(=O)c1c(Cl)nc2ccccn12. The first-order valence-electron chi connectivity index (χ1n) is 6.07. The Morgan fingerprint density at radius 3 is 2.60 bits per heavy atom. The fourth-order valence-electron chi connectivity index (χ4n) is 1.78. The second-order valence-electron chi connectivity index (χ2n) is 4.77. The molecule has 0 aliphatic heterocycles. The van der Waals surface area contributed by atoms with E-state index in [9.17, 15) is 8.42 Å². The van der Waals surface area contributed by atoms with Crippen molar-refractivity contribution in [2.75, 3.05) is 34.2 Å². The molecule has 2 aromatic rings. The van der Waals surface area contributed by atoms with Gasteiger partial charge in [-0.05, 0) is 26.2 Å². The van der Waals surface area contributed by atoms with Crippen LogP contribution in [0, 0.1) is 0 Å². The molecule has 0 aromatic carbocycles. The first-order chi connectivity index (χ1) is 9.34. The molecule has 0 fully saturated rings. The quantitative estimate of drug-likeness (QED) is 0.831. The van der Waals surface area contributed by atoms with Crippen LogP contribution in [0.3, 0.4) is 0 Å². The van der Waals surface area contributed by atoms with Gasteiger partial charge < -0.3 is 4.90 Å². The summed E-state index contributed by atoms with van der Waals surface area (Å²) in [6, 6.07) is 5.24. The average Bonchev–Trinajstić information content (AvgIpc) is 2.71. The number of sulfonamides is 1. The monoisotopic (exact) mass is 316 g/mol. The molecule has 6 nitrogen and oxygen atoms in total. The van der Waals surface area contributed by atoms with Gasteiger partial charge in [0, 0.05) is 26.3 Å². The maximum atomic E-state index is 12.6. The van der Waals surface area contributed by atoms with Crippen molar-refractivity contribution in [1.29, 1.82) is 0 Å². The van der Waals surface area contributed by atoms with E-state index in [2.05, 4.69) is 4.98 Å². The van der Waals surface area contributed by atoms with Crippen molar-refractivity contribution < 1.29 is 8.42 Å². The summed E-state index contributed by atoms with van der Waals surface area (Å²) < 4.78 is 28.0. The maximum Gasteiger partial charge on any atom is 0.262 e. The van der Waals surface area contributed by atoms with Crippen LogP contribution in [0.1, 0.15) is 0 Å². The van der Waals surface area contributed by atoms with Crippen molar-refractivity contribution >= 4 is 27.3 Å². The van der Waals surface area contributed by atoms with E-state index in [1.54, 1.807) is 24.4 Å². The third-order valence-corrected chi connectivity index (χ3v) is 5.22. The molecule has 2 rings (SSSR count). The summed E-state index contributed by atoms with van der Waals surface area (Å²) in [6.45, 7) is 1.01. The van der Waals surface area contributed by atoms with Gasteiger partial charge in [0.2, 0.25) is 0 Å². The van der Waals surface area contributed by atoms with Crippen LogP contribution in [0.15, 0.2) is 29.4 Å². The molecule has 0 saturated carbocycles. The van der Waals surface area contributed by atoms with Gasteiger partial charge in [0.1, 0.15) is 5.65 Å². The van der Waals surface area contributed by atoms with Gasteiger partial charge in [0.25, 0.3) is 10.0 Å². The van der Waals surface area contributed by atoms with Crippen LogP contribution in [0.25, 0.3) is 5.65 Å². The lowest BCUT2D eigenvalue weighted by molar-refractivity contribution is 0.357. The first-order valence-corrected chi connectivity index (χ1v) is 7.89. The molecule has 0 spiro atoms. The van der Waals surface area contributed by atoms with Gasteiger partial charge in [-0.15, -0.1) is 0 Å². The zero-order chi connectivity index (χ0) is 14.9. The van der Waals surface area contributed by atoms with Crippen LogP contribution in [0.4, 0.5) is 0 Å². The molecule has 0 N–H and O–H groups in total. The smallest absolute Gasteiger partial charge is 0.262 e. The summed E-state index contributed by atoms with van der Waals surface area (Å²) >= 11 is 6.01. The predicted molar refractivity (Wildman–Crippen MR) is 78.6 cm³/mol. The van der Waals surface area contributed by atoms with Crippen molar-refractivity contribution in [1.82, 2.24) is 18.6 Å². The van der Waals surface area contributed by atoms with Gasteiger partial charge in [0.05, 0.1) is 0 Å². The van der Waals surface area contributed by atoms with Gasteiger partial charge in [-0.25, -0.2) is 13.4 Å². The number of nitrogens with zero attached hydrogens (tertiary/aromatic N) is 4. The molecule has 0 unspecified atom stereocenters. The maximum absolute atomic E-state index is 12.6. The van der Waals surface area contributed by atoms with Crippen molar-refractivity contribution in [3.8, 4) is 0 Å². The highest BCUT2D eigenvalue weighted by Crippen LogP contribution is 2.24. The third-order valence-electron chi connectivity index (χ3n) is 2.96. The number of pyridine rings is 1. The Kier molecular flexibility index (Phi) is 4.33. The summed E-state index contributed by atoms with van der Waals surface area (Å²) in [4.78, 5) is 5.99. The highest BCUT2D eigenvalue weighted by Gasteiger charge is 2.28. The Morgan fingerprint density at radius 2 is 1.95 bits per heavy atom. The normalized spacial score (nSPS) is 12.7. The molecule has 2 heterocycles. The van der Waals surface area contributed by atoms with Crippen molar-refractivity contribution in [3.63, 3.8) is 0 Å². The fraction of sp³-hybridized carbons (Fsp3) is 0.417. The third kappa shape index (κ3) is 2.80. The first kappa shape index (κ1) is 15.2. The summed E-state index contributed by atoms with van der Waals surface area (Å²) in [5.41, 5.74) is 0.511. The Labute approximate surface area is 123 Å². The van der Waals surface area contributed by atoms with Gasteiger partial charge >= 0.3 is 0 Å². The number of fused-ring (bicyclic) bond motifs is 1. The van der Waals surface area contributed by atoms with Crippen molar-refractivity contribution in [2.45, 2.75) is 5.03 Å². The minimum absolute atomic E-state index is 0.00657. The molecular weight excluding hydrogens is 300 g/mol. The molecule has 0 atom stereocenters. The lowest BCUT2D eigenvalue weighted by Crippen LogP contribution is -2.34. The number of imidazole rings is 1. The minimum atomic E-state index is -3.67. The second kappa shape index (κ2) is 5.69. The second-order valence-corrected chi connectivity index (χ2v) is 7.08. The van der Waals surface area contributed by atoms with Crippen LogP contribution < -0.4 is 0 Å². The Balaban J connectivity index is 2.44. The fourth-order valence-corrected chi connectivity index (χ4v) is 3.53.